The van der Waals surface area contributed by atoms with Crippen molar-refractivity contribution in [1.29, 1.82) is 0 Å². The number of aromatic nitrogens is 1. The van der Waals surface area contributed by atoms with Crippen LogP contribution in [0.5, 0.6) is 0 Å². The molecule has 0 saturated heterocycles. The second-order valence-corrected chi connectivity index (χ2v) is 5.69. The van der Waals surface area contributed by atoms with Crippen LogP contribution >= 0.6 is 0 Å². The van der Waals surface area contributed by atoms with Gasteiger partial charge in [-0.25, -0.2) is 8.78 Å². The first-order chi connectivity index (χ1) is 12.6. The molecule has 0 aliphatic heterocycles. The highest BCUT2D eigenvalue weighted by Gasteiger charge is 2.08. The summed E-state index contributed by atoms with van der Waals surface area (Å²) in [6, 6.07) is 14.1. The molecule has 0 fully saturated rings. The predicted molar refractivity (Wildman–Crippen MR) is 96.4 cm³/mol. The lowest BCUT2D eigenvalue weighted by Gasteiger charge is -2.09. The Labute approximate surface area is 149 Å². The van der Waals surface area contributed by atoms with Crippen LogP contribution in [-0.2, 0) is 6.42 Å². The SMILES string of the molecule is O=C(NCCc1ccccc1F)c1cncc(Nc2cccc(F)c2)c1. The van der Waals surface area contributed by atoms with E-state index < -0.39 is 0 Å². The van der Waals surface area contributed by atoms with Gasteiger partial charge in [0.2, 0.25) is 0 Å². The number of amides is 1. The molecule has 1 amide bonds. The normalized spacial score (nSPS) is 10.4. The van der Waals surface area contributed by atoms with Crippen LogP contribution in [0.4, 0.5) is 20.2 Å². The summed E-state index contributed by atoms with van der Waals surface area (Å²) in [6.45, 7) is 0.307. The number of nitrogens with one attached hydrogen (secondary N) is 2. The first kappa shape index (κ1) is 17.5. The highest BCUT2D eigenvalue weighted by molar-refractivity contribution is 5.94. The fraction of sp³-hybridized carbons (Fsp3) is 0.100. The molecule has 2 N–H and O–H groups in total. The molecule has 0 atom stereocenters. The largest absolute Gasteiger partial charge is 0.354 e. The Balaban J connectivity index is 1.60. The maximum atomic E-state index is 13.6. The molecular formula is C20H17F2N3O. The molecule has 0 unspecified atom stereocenters. The van der Waals surface area contributed by atoms with Crippen molar-refractivity contribution in [2.45, 2.75) is 6.42 Å². The van der Waals surface area contributed by atoms with Crippen molar-refractivity contribution >= 4 is 17.3 Å². The number of benzene rings is 2. The number of carbonyl (C=O) groups is 1. The highest BCUT2D eigenvalue weighted by Crippen LogP contribution is 2.17. The second-order valence-electron chi connectivity index (χ2n) is 5.69. The number of hydrogen-bond acceptors (Lipinski definition) is 3. The van der Waals surface area contributed by atoms with Gasteiger partial charge in [-0.2, -0.15) is 0 Å². The fourth-order valence-corrected chi connectivity index (χ4v) is 2.48. The molecule has 1 heterocycles. The molecule has 0 spiro atoms. The Morgan fingerprint density at radius 1 is 0.962 bits per heavy atom. The molecular weight excluding hydrogens is 336 g/mol. The van der Waals surface area contributed by atoms with Crippen molar-refractivity contribution in [3.05, 3.63) is 89.8 Å². The Morgan fingerprint density at radius 2 is 1.81 bits per heavy atom. The molecule has 0 aliphatic carbocycles. The molecule has 4 nitrogen and oxygen atoms in total. The maximum Gasteiger partial charge on any atom is 0.252 e. The van der Waals surface area contributed by atoms with Gasteiger partial charge in [0, 0.05) is 18.4 Å². The predicted octanol–water partition coefficient (Wildman–Crippen LogP) is 4.08. The summed E-state index contributed by atoms with van der Waals surface area (Å²) in [4.78, 5) is 16.3. The minimum absolute atomic E-state index is 0.287. The van der Waals surface area contributed by atoms with Crippen LogP contribution in [0, 0.1) is 11.6 Å². The first-order valence-electron chi connectivity index (χ1n) is 8.11. The Bertz CT molecular complexity index is 915. The van der Waals surface area contributed by atoms with Crippen molar-refractivity contribution in [2.75, 3.05) is 11.9 Å². The molecule has 2 aromatic carbocycles. The van der Waals surface area contributed by atoms with Crippen LogP contribution < -0.4 is 10.6 Å². The minimum atomic E-state index is -0.356. The highest BCUT2D eigenvalue weighted by atomic mass is 19.1. The van der Waals surface area contributed by atoms with Crippen LogP contribution in [0.15, 0.2) is 67.0 Å². The lowest BCUT2D eigenvalue weighted by molar-refractivity contribution is 0.0953. The van der Waals surface area contributed by atoms with Crippen LogP contribution in [0.1, 0.15) is 15.9 Å². The van der Waals surface area contributed by atoms with Gasteiger partial charge in [0.15, 0.2) is 0 Å². The van der Waals surface area contributed by atoms with E-state index in [9.17, 15) is 13.6 Å². The molecule has 1 aromatic heterocycles. The quantitative estimate of drug-likeness (QED) is 0.702. The molecule has 6 heteroatoms. The minimum Gasteiger partial charge on any atom is -0.354 e. The summed E-state index contributed by atoms with van der Waals surface area (Å²) in [5, 5.41) is 5.74. The van der Waals surface area contributed by atoms with E-state index in [1.807, 2.05) is 0 Å². The average Bonchev–Trinajstić information content (AvgIpc) is 2.63. The zero-order valence-electron chi connectivity index (χ0n) is 13.9. The van der Waals surface area contributed by atoms with Gasteiger partial charge in [0.05, 0.1) is 17.4 Å². The smallest absolute Gasteiger partial charge is 0.252 e. The molecule has 0 saturated carbocycles. The monoisotopic (exact) mass is 353 g/mol. The first-order valence-corrected chi connectivity index (χ1v) is 8.11. The van der Waals surface area contributed by atoms with Gasteiger partial charge in [-0.15, -0.1) is 0 Å². The van der Waals surface area contributed by atoms with Gasteiger partial charge in [0.25, 0.3) is 5.91 Å². The van der Waals surface area contributed by atoms with E-state index >= 15 is 0 Å². The lowest BCUT2D eigenvalue weighted by Crippen LogP contribution is -2.26. The second kappa shape index (κ2) is 8.20. The van der Waals surface area contributed by atoms with E-state index in [1.54, 1.807) is 42.6 Å². The number of hydrogen-bond donors (Lipinski definition) is 2. The maximum absolute atomic E-state index is 13.6. The number of pyridine rings is 1. The van der Waals surface area contributed by atoms with Crippen molar-refractivity contribution in [1.82, 2.24) is 10.3 Å². The molecule has 132 valence electrons. The van der Waals surface area contributed by atoms with E-state index in [1.165, 1.54) is 24.4 Å². The molecule has 26 heavy (non-hydrogen) atoms. The summed E-state index contributed by atoms with van der Waals surface area (Å²) >= 11 is 0. The third-order valence-corrected chi connectivity index (χ3v) is 3.75. The van der Waals surface area contributed by atoms with Gasteiger partial charge in [-0.1, -0.05) is 24.3 Å². The Kier molecular flexibility index (Phi) is 5.53. The molecule has 0 radical (unpaired) electrons. The molecule has 3 rings (SSSR count). The Hall–Kier alpha value is -3.28. The number of carbonyl (C=O) groups excluding carboxylic acids is 1. The van der Waals surface area contributed by atoms with E-state index in [4.69, 9.17) is 0 Å². The van der Waals surface area contributed by atoms with E-state index in [2.05, 4.69) is 15.6 Å². The zero-order chi connectivity index (χ0) is 18.4. The van der Waals surface area contributed by atoms with Crippen molar-refractivity contribution in [3.8, 4) is 0 Å². The van der Waals surface area contributed by atoms with Gasteiger partial charge in [-0.3, -0.25) is 9.78 Å². The van der Waals surface area contributed by atoms with E-state index in [0.29, 0.717) is 35.5 Å². The summed E-state index contributed by atoms with van der Waals surface area (Å²) in [7, 11) is 0. The van der Waals surface area contributed by atoms with E-state index in [0.717, 1.165) is 0 Å². The van der Waals surface area contributed by atoms with Crippen LogP contribution in [0.25, 0.3) is 0 Å². The van der Waals surface area contributed by atoms with Crippen LogP contribution in [0.3, 0.4) is 0 Å². The molecule has 0 aliphatic rings. The van der Waals surface area contributed by atoms with Gasteiger partial charge in [0.1, 0.15) is 11.6 Å². The number of nitrogens with zero attached hydrogens (tertiary/aromatic N) is 1. The molecule has 0 bridgehead atoms. The Morgan fingerprint density at radius 3 is 2.62 bits per heavy atom. The number of rotatable bonds is 6. The molecule has 3 aromatic rings. The number of anilines is 2. The number of halogens is 2. The van der Waals surface area contributed by atoms with Gasteiger partial charge >= 0.3 is 0 Å². The zero-order valence-corrected chi connectivity index (χ0v) is 13.9. The summed E-state index contributed by atoms with van der Waals surface area (Å²) in [5.41, 5.74) is 2.04. The van der Waals surface area contributed by atoms with Crippen molar-refractivity contribution in [3.63, 3.8) is 0 Å². The summed E-state index contributed by atoms with van der Waals surface area (Å²) < 4.78 is 26.8. The van der Waals surface area contributed by atoms with Gasteiger partial charge < -0.3 is 10.6 Å². The van der Waals surface area contributed by atoms with Crippen molar-refractivity contribution in [2.24, 2.45) is 0 Å². The third-order valence-electron chi connectivity index (χ3n) is 3.75. The lowest BCUT2D eigenvalue weighted by atomic mass is 10.1. The fourth-order valence-electron chi connectivity index (χ4n) is 2.48. The third kappa shape index (κ3) is 4.63. The van der Waals surface area contributed by atoms with Crippen molar-refractivity contribution < 1.29 is 13.6 Å². The topological polar surface area (TPSA) is 54.0 Å². The average molecular weight is 353 g/mol. The standard InChI is InChI=1S/C20H17F2N3O/c21-16-5-3-6-17(11-16)25-18-10-15(12-23-13-18)20(26)24-9-8-14-4-1-2-7-19(14)22/h1-7,10-13,25H,8-9H2,(H,24,26). The van der Waals surface area contributed by atoms with Crippen LogP contribution in [-0.4, -0.2) is 17.4 Å². The van der Waals surface area contributed by atoms with Gasteiger partial charge in [-0.05, 0) is 42.3 Å². The summed E-state index contributed by atoms with van der Waals surface area (Å²) in [6.07, 6.45) is 3.38. The summed E-state index contributed by atoms with van der Waals surface area (Å²) in [5.74, 6) is -0.952. The van der Waals surface area contributed by atoms with Crippen LogP contribution in [0.2, 0.25) is 0 Å². The van der Waals surface area contributed by atoms with E-state index in [-0.39, 0.29) is 17.5 Å².